The molecule has 0 amide bonds. The summed E-state index contributed by atoms with van der Waals surface area (Å²) in [7, 11) is -3.68. The van der Waals surface area contributed by atoms with Gasteiger partial charge in [0.25, 0.3) is 10.0 Å². The van der Waals surface area contributed by atoms with Gasteiger partial charge in [-0.05, 0) is 49.7 Å². The molecule has 3 aromatic rings. The lowest BCUT2D eigenvalue weighted by Gasteiger charge is -2.11. The van der Waals surface area contributed by atoms with Crippen LogP contribution in [-0.4, -0.2) is 13.4 Å². The molecule has 0 atom stereocenters. The summed E-state index contributed by atoms with van der Waals surface area (Å²) in [5.74, 6) is 0.683. The van der Waals surface area contributed by atoms with Crippen molar-refractivity contribution in [3.8, 4) is 11.3 Å². The number of nitrogens with zero attached hydrogens (tertiary/aromatic N) is 1. The monoisotopic (exact) mass is 328 g/mol. The number of hydrogen-bond acceptors (Lipinski definition) is 4. The molecule has 0 saturated carbocycles. The minimum Gasteiger partial charge on any atom is -0.464 e. The van der Waals surface area contributed by atoms with Crippen molar-refractivity contribution in [2.24, 2.45) is 0 Å². The van der Waals surface area contributed by atoms with Crippen LogP contribution in [0.2, 0.25) is 0 Å². The quantitative estimate of drug-likeness (QED) is 0.791. The fourth-order valence-electron chi connectivity index (χ4n) is 2.14. The molecular formula is C17H16N2O3S. The van der Waals surface area contributed by atoms with Gasteiger partial charge in [-0.25, -0.2) is 8.42 Å². The molecule has 0 spiro atoms. The highest BCUT2D eigenvalue weighted by molar-refractivity contribution is 7.92. The van der Waals surface area contributed by atoms with Crippen LogP contribution in [0.15, 0.2) is 64.2 Å². The largest absolute Gasteiger partial charge is 0.464 e. The van der Waals surface area contributed by atoms with Gasteiger partial charge in [0, 0.05) is 17.5 Å². The molecule has 0 aliphatic heterocycles. The molecule has 3 rings (SSSR count). The number of aryl methyl sites for hydroxylation is 2. The first-order valence-corrected chi connectivity index (χ1v) is 8.54. The zero-order chi connectivity index (χ0) is 16.4. The number of nitrogens with one attached hydrogen (secondary N) is 1. The third kappa shape index (κ3) is 3.27. The Hall–Kier alpha value is -2.60. The minimum atomic E-state index is -3.68. The molecule has 2 aromatic heterocycles. The summed E-state index contributed by atoms with van der Waals surface area (Å²) < 4.78 is 32.9. The number of pyridine rings is 1. The van der Waals surface area contributed by atoms with Gasteiger partial charge in [0.15, 0.2) is 0 Å². The van der Waals surface area contributed by atoms with Gasteiger partial charge in [-0.2, -0.15) is 0 Å². The molecule has 5 nitrogen and oxygen atoms in total. The van der Waals surface area contributed by atoms with Crippen molar-refractivity contribution in [2.45, 2.75) is 18.7 Å². The minimum absolute atomic E-state index is 0.130. The van der Waals surface area contributed by atoms with E-state index in [1.807, 2.05) is 25.1 Å². The first-order chi connectivity index (χ1) is 11.0. The van der Waals surface area contributed by atoms with E-state index >= 15 is 0 Å². The lowest BCUT2D eigenvalue weighted by atomic mass is 10.1. The van der Waals surface area contributed by atoms with Gasteiger partial charge < -0.3 is 4.42 Å². The smallest absolute Gasteiger partial charge is 0.263 e. The number of hydrogen-bond donors (Lipinski definition) is 1. The Balaban J connectivity index is 1.96. The Morgan fingerprint density at radius 3 is 2.57 bits per heavy atom. The summed E-state index contributed by atoms with van der Waals surface area (Å²) in [5.41, 5.74) is 2.91. The van der Waals surface area contributed by atoms with E-state index in [1.165, 1.54) is 12.3 Å². The molecule has 1 aromatic carbocycles. The molecule has 23 heavy (non-hydrogen) atoms. The van der Waals surface area contributed by atoms with Gasteiger partial charge in [0.1, 0.15) is 10.7 Å². The highest BCUT2D eigenvalue weighted by atomic mass is 32.2. The predicted octanol–water partition coefficient (Wildman–Crippen LogP) is 3.76. The molecular weight excluding hydrogens is 312 g/mol. The summed E-state index contributed by atoms with van der Waals surface area (Å²) in [6.07, 6.45) is 2.93. The number of anilines is 1. The average molecular weight is 328 g/mol. The van der Waals surface area contributed by atoms with E-state index < -0.39 is 10.0 Å². The van der Waals surface area contributed by atoms with Gasteiger partial charge in [-0.15, -0.1) is 0 Å². The summed E-state index contributed by atoms with van der Waals surface area (Å²) in [5, 5.41) is 0. The standard InChI is InChI=1S/C17H16N2O3S/c1-12-5-7-14(17-4-3-9-22-17)10-16(12)19-23(20,21)15-8-6-13(2)18-11-15/h3-11,19H,1-2H3. The molecule has 118 valence electrons. The molecule has 6 heteroatoms. The Bertz CT molecular complexity index is 915. The maximum absolute atomic E-state index is 12.5. The maximum Gasteiger partial charge on any atom is 0.263 e. The van der Waals surface area contributed by atoms with Crippen molar-refractivity contribution in [3.05, 3.63) is 66.2 Å². The van der Waals surface area contributed by atoms with E-state index in [9.17, 15) is 8.42 Å². The van der Waals surface area contributed by atoms with E-state index in [0.29, 0.717) is 11.4 Å². The Morgan fingerprint density at radius 2 is 1.91 bits per heavy atom. The third-order valence-corrected chi connectivity index (χ3v) is 4.83. The second-order valence-electron chi connectivity index (χ2n) is 5.25. The van der Waals surface area contributed by atoms with Crippen LogP contribution < -0.4 is 4.72 Å². The Kier molecular flexibility index (Phi) is 3.92. The first kappa shape index (κ1) is 15.3. The molecule has 0 aliphatic carbocycles. The summed E-state index contributed by atoms with van der Waals surface area (Å²) in [6, 6.07) is 12.3. The van der Waals surface area contributed by atoms with Crippen LogP contribution in [0.4, 0.5) is 5.69 Å². The normalized spacial score (nSPS) is 11.4. The van der Waals surface area contributed by atoms with E-state index in [-0.39, 0.29) is 4.90 Å². The van der Waals surface area contributed by atoms with Gasteiger partial charge >= 0.3 is 0 Å². The molecule has 0 saturated heterocycles. The fourth-order valence-corrected chi connectivity index (χ4v) is 3.21. The van der Waals surface area contributed by atoms with Gasteiger partial charge in [0.05, 0.1) is 12.0 Å². The third-order valence-electron chi connectivity index (χ3n) is 3.48. The fraction of sp³-hybridized carbons (Fsp3) is 0.118. The van der Waals surface area contributed by atoms with Crippen LogP contribution in [0.3, 0.4) is 0 Å². The van der Waals surface area contributed by atoms with Crippen molar-refractivity contribution in [2.75, 3.05) is 4.72 Å². The van der Waals surface area contributed by atoms with Crippen LogP contribution in [-0.2, 0) is 10.0 Å². The van der Waals surface area contributed by atoms with E-state index in [4.69, 9.17) is 4.42 Å². The first-order valence-electron chi connectivity index (χ1n) is 7.06. The van der Waals surface area contributed by atoms with Gasteiger partial charge in [0.2, 0.25) is 0 Å². The highest BCUT2D eigenvalue weighted by Gasteiger charge is 2.16. The molecule has 1 N–H and O–H groups in total. The second-order valence-corrected chi connectivity index (χ2v) is 6.93. The highest BCUT2D eigenvalue weighted by Crippen LogP contribution is 2.27. The van der Waals surface area contributed by atoms with Crippen LogP contribution in [0.5, 0.6) is 0 Å². The van der Waals surface area contributed by atoms with Gasteiger partial charge in [-0.1, -0.05) is 12.1 Å². The van der Waals surface area contributed by atoms with E-state index in [0.717, 1.165) is 16.8 Å². The van der Waals surface area contributed by atoms with Crippen molar-refractivity contribution in [1.82, 2.24) is 4.98 Å². The number of sulfonamides is 1. The lowest BCUT2D eigenvalue weighted by Crippen LogP contribution is -2.14. The van der Waals surface area contributed by atoms with E-state index in [2.05, 4.69) is 9.71 Å². The van der Waals surface area contributed by atoms with Crippen molar-refractivity contribution in [1.29, 1.82) is 0 Å². The summed E-state index contributed by atoms with van der Waals surface area (Å²) >= 11 is 0. The molecule has 0 unspecified atom stereocenters. The topological polar surface area (TPSA) is 72.2 Å². The molecule has 0 bridgehead atoms. The van der Waals surface area contributed by atoms with Crippen LogP contribution >= 0.6 is 0 Å². The van der Waals surface area contributed by atoms with E-state index in [1.54, 1.807) is 31.4 Å². The lowest BCUT2D eigenvalue weighted by molar-refractivity contribution is 0.582. The molecule has 0 radical (unpaired) electrons. The number of benzene rings is 1. The maximum atomic E-state index is 12.5. The van der Waals surface area contributed by atoms with Gasteiger partial charge in [-0.3, -0.25) is 9.71 Å². The van der Waals surface area contributed by atoms with Crippen molar-refractivity contribution in [3.63, 3.8) is 0 Å². The predicted molar refractivity (Wildman–Crippen MR) is 88.7 cm³/mol. The van der Waals surface area contributed by atoms with Crippen LogP contribution in [0.1, 0.15) is 11.3 Å². The SMILES string of the molecule is Cc1ccc(S(=O)(=O)Nc2cc(-c3ccco3)ccc2C)cn1. The molecule has 0 aliphatic rings. The van der Waals surface area contributed by atoms with Crippen LogP contribution in [0.25, 0.3) is 11.3 Å². The molecule has 0 fully saturated rings. The zero-order valence-electron chi connectivity index (χ0n) is 12.8. The Labute approximate surface area is 135 Å². The number of furan rings is 1. The van der Waals surface area contributed by atoms with Crippen molar-refractivity contribution >= 4 is 15.7 Å². The summed E-state index contributed by atoms with van der Waals surface area (Å²) in [4.78, 5) is 4.16. The van der Waals surface area contributed by atoms with Crippen LogP contribution in [0, 0.1) is 13.8 Å². The molecule has 2 heterocycles. The summed E-state index contributed by atoms with van der Waals surface area (Å²) in [6.45, 7) is 3.65. The number of rotatable bonds is 4. The zero-order valence-corrected chi connectivity index (χ0v) is 13.6. The number of aromatic nitrogens is 1. The average Bonchev–Trinajstić information content (AvgIpc) is 3.04. The Morgan fingerprint density at radius 1 is 1.09 bits per heavy atom. The second kappa shape index (κ2) is 5.89. The van der Waals surface area contributed by atoms with Crippen molar-refractivity contribution < 1.29 is 12.8 Å².